The zero-order valence-corrected chi connectivity index (χ0v) is 15.3. The van der Waals surface area contributed by atoms with Crippen molar-refractivity contribution in [2.75, 3.05) is 0 Å². The first-order valence-corrected chi connectivity index (χ1v) is 10.2. The Hall–Kier alpha value is -1.74. The van der Waals surface area contributed by atoms with Crippen molar-refractivity contribution >= 4 is 20.0 Å². The molecule has 0 unspecified atom stereocenters. The maximum atomic E-state index is 12.6. The first-order valence-electron chi connectivity index (χ1n) is 7.20. The van der Waals surface area contributed by atoms with Gasteiger partial charge in [-0.15, -0.1) is 0 Å². The molecule has 0 heterocycles. The molecule has 2 rings (SSSR count). The molecule has 0 fully saturated rings. The van der Waals surface area contributed by atoms with Crippen LogP contribution in [0.3, 0.4) is 0 Å². The predicted molar refractivity (Wildman–Crippen MR) is 92.5 cm³/mol. The van der Waals surface area contributed by atoms with Gasteiger partial charge in [-0.1, -0.05) is 29.8 Å². The van der Waals surface area contributed by atoms with Crippen molar-refractivity contribution < 1.29 is 16.8 Å². The minimum atomic E-state index is -3.76. The minimum Gasteiger partial charge on any atom is -0.225 e. The molecule has 6 nitrogen and oxygen atoms in total. The molecule has 0 atom stereocenters. The molecule has 0 radical (unpaired) electrons. The Kier molecular flexibility index (Phi) is 5.14. The standard InChI is InChI=1S/C16H20N2O4S2/c1-11-8-12(2)16(13(3)9-11)24(21,22)18-10-14-4-6-15(7-5-14)23(17,19)20/h4-9,18H,10H2,1-3H3,(H2,17,19,20). The summed E-state index contributed by atoms with van der Waals surface area (Å²) in [5, 5.41) is 5.03. The van der Waals surface area contributed by atoms with E-state index < -0.39 is 20.0 Å². The Morgan fingerprint density at radius 1 is 0.917 bits per heavy atom. The van der Waals surface area contributed by atoms with Crippen molar-refractivity contribution in [1.82, 2.24) is 4.72 Å². The average Bonchev–Trinajstić information content (AvgIpc) is 2.43. The predicted octanol–water partition coefficient (Wildman–Crippen LogP) is 1.74. The van der Waals surface area contributed by atoms with Crippen LogP contribution in [-0.4, -0.2) is 16.8 Å². The number of hydrogen-bond donors (Lipinski definition) is 2. The molecule has 0 saturated carbocycles. The van der Waals surface area contributed by atoms with E-state index >= 15 is 0 Å². The molecule has 0 aliphatic rings. The molecule has 0 aliphatic carbocycles. The van der Waals surface area contributed by atoms with Crippen LogP contribution in [0.25, 0.3) is 0 Å². The fourth-order valence-electron chi connectivity index (χ4n) is 2.64. The molecule has 0 spiro atoms. The van der Waals surface area contributed by atoms with Gasteiger partial charge in [0.2, 0.25) is 20.0 Å². The molecule has 0 bridgehead atoms. The lowest BCUT2D eigenvalue weighted by Gasteiger charge is -2.13. The molecular weight excluding hydrogens is 348 g/mol. The van der Waals surface area contributed by atoms with E-state index in [4.69, 9.17) is 5.14 Å². The lowest BCUT2D eigenvalue weighted by Crippen LogP contribution is -2.25. The Morgan fingerprint density at radius 2 is 1.42 bits per heavy atom. The summed E-state index contributed by atoms with van der Waals surface area (Å²) in [4.78, 5) is 0.258. The highest BCUT2D eigenvalue weighted by Crippen LogP contribution is 2.22. The fraction of sp³-hybridized carbons (Fsp3) is 0.250. The SMILES string of the molecule is Cc1cc(C)c(S(=O)(=O)NCc2ccc(S(N)(=O)=O)cc2)c(C)c1. The van der Waals surface area contributed by atoms with Crippen molar-refractivity contribution in [3.8, 4) is 0 Å². The number of rotatable bonds is 5. The van der Waals surface area contributed by atoms with Gasteiger partial charge in [0.05, 0.1) is 9.79 Å². The van der Waals surface area contributed by atoms with Gasteiger partial charge >= 0.3 is 0 Å². The van der Waals surface area contributed by atoms with Crippen LogP contribution in [0.4, 0.5) is 0 Å². The molecule has 0 aromatic heterocycles. The van der Waals surface area contributed by atoms with Gasteiger partial charge in [0.1, 0.15) is 0 Å². The number of benzene rings is 2. The van der Waals surface area contributed by atoms with E-state index in [0.29, 0.717) is 16.7 Å². The summed E-state index contributed by atoms with van der Waals surface area (Å²) in [6.45, 7) is 5.49. The number of aryl methyl sites for hydroxylation is 3. The van der Waals surface area contributed by atoms with Crippen LogP contribution in [0.2, 0.25) is 0 Å². The Labute approximate surface area is 142 Å². The largest absolute Gasteiger partial charge is 0.241 e. The molecule has 3 N–H and O–H groups in total. The highest BCUT2D eigenvalue weighted by Gasteiger charge is 2.19. The molecule has 0 amide bonds. The van der Waals surface area contributed by atoms with E-state index in [2.05, 4.69) is 4.72 Å². The number of nitrogens with two attached hydrogens (primary N) is 1. The topological polar surface area (TPSA) is 106 Å². The van der Waals surface area contributed by atoms with Crippen molar-refractivity contribution in [2.45, 2.75) is 37.1 Å². The van der Waals surface area contributed by atoms with Gasteiger partial charge in [-0.3, -0.25) is 0 Å². The first-order chi connectivity index (χ1) is 11.0. The third kappa shape index (κ3) is 4.21. The van der Waals surface area contributed by atoms with Crippen LogP contribution in [0.15, 0.2) is 46.2 Å². The molecule has 0 aliphatic heterocycles. The smallest absolute Gasteiger partial charge is 0.225 e. The van der Waals surface area contributed by atoms with Crippen LogP contribution in [0.1, 0.15) is 22.3 Å². The normalized spacial score (nSPS) is 12.3. The van der Waals surface area contributed by atoms with Crippen molar-refractivity contribution in [1.29, 1.82) is 0 Å². The van der Waals surface area contributed by atoms with E-state index in [9.17, 15) is 16.8 Å². The zero-order chi connectivity index (χ0) is 18.1. The summed E-state index contributed by atoms with van der Waals surface area (Å²) in [6.07, 6.45) is 0. The second kappa shape index (κ2) is 6.64. The highest BCUT2D eigenvalue weighted by atomic mass is 32.2. The van der Waals surface area contributed by atoms with Gasteiger partial charge in [-0.2, -0.15) is 0 Å². The van der Waals surface area contributed by atoms with E-state index in [1.807, 2.05) is 19.1 Å². The number of hydrogen-bond acceptors (Lipinski definition) is 4. The second-order valence-corrected chi connectivity index (χ2v) is 9.01. The van der Waals surface area contributed by atoms with E-state index in [1.54, 1.807) is 13.8 Å². The third-order valence-corrected chi connectivity index (χ3v) is 6.23. The van der Waals surface area contributed by atoms with Gasteiger partial charge in [0.15, 0.2) is 0 Å². The molecule has 130 valence electrons. The fourth-order valence-corrected chi connectivity index (χ4v) is 4.62. The summed E-state index contributed by atoms with van der Waals surface area (Å²) in [7, 11) is -7.43. The third-order valence-electron chi connectivity index (χ3n) is 3.59. The number of nitrogens with one attached hydrogen (secondary N) is 1. The summed E-state index contributed by atoms with van der Waals surface area (Å²) < 4.78 is 50.1. The minimum absolute atomic E-state index is 0.0145. The van der Waals surface area contributed by atoms with Crippen molar-refractivity contribution in [3.63, 3.8) is 0 Å². The number of sulfonamides is 2. The lowest BCUT2D eigenvalue weighted by atomic mass is 10.1. The van der Waals surface area contributed by atoms with Gasteiger partial charge in [-0.25, -0.2) is 26.7 Å². The lowest BCUT2D eigenvalue weighted by molar-refractivity contribution is 0.579. The Morgan fingerprint density at radius 3 is 1.88 bits per heavy atom. The van der Waals surface area contributed by atoms with Crippen LogP contribution in [0.5, 0.6) is 0 Å². The monoisotopic (exact) mass is 368 g/mol. The molecule has 2 aromatic carbocycles. The summed E-state index contributed by atoms with van der Waals surface area (Å²) in [5.74, 6) is 0. The molecule has 0 saturated heterocycles. The van der Waals surface area contributed by atoms with Crippen molar-refractivity contribution in [2.24, 2.45) is 5.14 Å². The summed E-state index contributed by atoms with van der Waals surface area (Å²) in [6, 6.07) is 9.39. The van der Waals surface area contributed by atoms with E-state index in [1.165, 1.54) is 24.3 Å². The first kappa shape index (κ1) is 18.6. The Balaban J connectivity index is 2.22. The van der Waals surface area contributed by atoms with Gasteiger partial charge in [-0.05, 0) is 49.6 Å². The van der Waals surface area contributed by atoms with Crippen LogP contribution < -0.4 is 9.86 Å². The van der Waals surface area contributed by atoms with Gasteiger partial charge in [0.25, 0.3) is 0 Å². The van der Waals surface area contributed by atoms with Crippen LogP contribution in [0, 0.1) is 20.8 Å². The maximum absolute atomic E-state index is 12.6. The summed E-state index contributed by atoms with van der Waals surface area (Å²) >= 11 is 0. The number of primary sulfonamides is 1. The summed E-state index contributed by atoms with van der Waals surface area (Å²) in [5.41, 5.74) is 3.00. The average molecular weight is 368 g/mol. The Bertz CT molecular complexity index is 941. The quantitative estimate of drug-likeness (QED) is 0.838. The van der Waals surface area contributed by atoms with Gasteiger partial charge in [0, 0.05) is 6.54 Å². The second-order valence-electron chi connectivity index (χ2n) is 5.74. The van der Waals surface area contributed by atoms with E-state index in [-0.39, 0.29) is 16.3 Å². The maximum Gasteiger partial charge on any atom is 0.241 e. The van der Waals surface area contributed by atoms with Crippen LogP contribution in [-0.2, 0) is 26.6 Å². The molecule has 24 heavy (non-hydrogen) atoms. The molecule has 8 heteroatoms. The van der Waals surface area contributed by atoms with Gasteiger partial charge < -0.3 is 0 Å². The van der Waals surface area contributed by atoms with Crippen LogP contribution >= 0.6 is 0 Å². The van der Waals surface area contributed by atoms with E-state index in [0.717, 1.165) is 5.56 Å². The van der Waals surface area contributed by atoms with Crippen molar-refractivity contribution in [3.05, 3.63) is 58.7 Å². The zero-order valence-electron chi connectivity index (χ0n) is 13.7. The molecule has 2 aromatic rings. The molecular formula is C16H20N2O4S2. The highest BCUT2D eigenvalue weighted by molar-refractivity contribution is 7.89.